The van der Waals surface area contributed by atoms with E-state index in [1.165, 1.54) is 19.2 Å². The van der Waals surface area contributed by atoms with Crippen LogP contribution in [0.2, 0.25) is 0 Å². The number of sulfonamides is 1. The molecule has 4 aromatic rings. The Hall–Kier alpha value is -4.05. The van der Waals surface area contributed by atoms with E-state index in [2.05, 4.69) is 20.0 Å². The van der Waals surface area contributed by atoms with E-state index in [1.54, 1.807) is 42.5 Å². The third-order valence-corrected chi connectivity index (χ3v) is 6.33. The molecule has 0 fully saturated rings. The highest BCUT2D eigenvalue weighted by Crippen LogP contribution is 2.35. The predicted octanol–water partition coefficient (Wildman–Crippen LogP) is 3.95. The van der Waals surface area contributed by atoms with Crippen molar-refractivity contribution in [2.45, 2.75) is 4.90 Å². The van der Waals surface area contributed by atoms with Crippen LogP contribution in [0.4, 0.5) is 17.3 Å². The molecule has 10 heteroatoms. The molecule has 2 N–H and O–H groups in total. The first-order chi connectivity index (χ1) is 16.0. The number of rotatable bonds is 6. The quantitative estimate of drug-likeness (QED) is 0.441. The molecule has 3 aromatic carbocycles. The van der Waals surface area contributed by atoms with E-state index < -0.39 is 10.0 Å². The molecule has 0 radical (unpaired) electrons. The highest BCUT2D eigenvalue weighted by atomic mass is 32.2. The van der Waals surface area contributed by atoms with Crippen molar-refractivity contribution in [3.05, 3.63) is 66.7 Å². The van der Waals surface area contributed by atoms with Gasteiger partial charge in [-0.1, -0.05) is 12.1 Å². The summed E-state index contributed by atoms with van der Waals surface area (Å²) in [5.41, 5.74) is 1.82. The van der Waals surface area contributed by atoms with Crippen LogP contribution < -0.4 is 24.2 Å². The molecule has 1 aliphatic heterocycles. The number of nitrogens with one attached hydrogen (secondary N) is 2. The molecule has 0 saturated carbocycles. The monoisotopic (exact) mass is 464 g/mol. The van der Waals surface area contributed by atoms with Crippen LogP contribution in [0.15, 0.2) is 71.6 Å². The second kappa shape index (κ2) is 8.47. The van der Waals surface area contributed by atoms with Gasteiger partial charge in [0, 0.05) is 11.8 Å². The minimum absolute atomic E-state index is 0.0689. The summed E-state index contributed by atoms with van der Waals surface area (Å²) in [5.74, 6) is 2.12. The molecular formula is C23H20N4O5S. The van der Waals surface area contributed by atoms with Crippen molar-refractivity contribution in [3.63, 3.8) is 0 Å². The van der Waals surface area contributed by atoms with Crippen molar-refractivity contribution in [3.8, 4) is 17.2 Å². The summed E-state index contributed by atoms with van der Waals surface area (Å²) in [6.45, 7) is 0.951. The minimum atomic E-state index is -3.93. The molecular weight excluding hydrogens is 444 g/mol. The number of para-hydroxylation sites is 2. The maximum Gasteiger partial charge on any atom is 0.263 e. The molecule has 33 heavy (non-hydrogen) atoms. The van der Waals surface area contributed by atoms with Gasteiger partial charge in [-0.3, -0.25) is 4.72 Å². The molecule has 0 unspecified atom stereocenters. The Morgan fingerprint density at radius 3 is 2.21 bits per heavy atom. The molecule has 1 aromatic heterocycles. The van der Waals surface area contributed by atoms with Crippen molar-refractivity contribution in [2.75, 3.05) is 30.4 Å². The van der Waals surface area contributed by atoms with Gasteiger partial charge in [-0.05, 0) is 48.5 Å². The van der Waals surface area contributed by atoms with E-state index in [9.17, 15) is 8.42 Å². The number of methoxy groups -OCH3 is 1. The summed E-state index contributed by atoms with van der Waals surface area (Å²) in [7, 11) is -2.41. The number of hydrogen-bond acceptors (Lipinski definition) is 8. The standard InChI is InChI=1S/C23H20N4O5S/c1-30-16-7-9-17(10-8-16)33(28,29)27-23-22(25-18-4-2-3-5-19(18)26-23)24-15-6-11-20-21(14-15)32-13-12-31-20/h2-11,14H,12-13H2,1H3,(H,24,25)(H,26,27). The lowest BCUT2D eigenvalue weighted by Gasteiger charge is -2.19. The SMILES string of the molecule is COc1ccc(S(=O)(=O)Nc2nc3ccccc3nc2Nc2ccc3c(c2)OCCO3)cc1. The summed E-state index contributed by atoms with van der Waals surface area (Å²) >= 11 is 0. The van der Waals surface area contributed by atoms with Gasteiger partial charge in [-0.2, -0.15) is 0 Å². The van der Waals surface area contributed by atoms with Gasteiger partial charge in [0.05, 0.1) is 23.0 Å². The van der Waals surface area contributed by atoms with Crippen LogP contribution in [0.1, 0.15) is 0 Å². The molecule has 9 nitrogen and oxygen atoms in total. The van der Waals surface area contributed by atoms with Crippen LogP contribution in [0.25, 0.3) is 11.0 Å². The molecule has 0 bridgehead atoms. The van der Waals surface area contributed by atoms with E-state index in [-0.39, 0.29) is 16.5 Å². The van der Waals surface area contributed by atoms with Gasteiger partial charge in [0.1, 0.15) is 19.0 Å². The lowest BCUT2D eigenvalue weighted by molar-refractivity contribution is 0.171. The van der Waals surface area contributed by atoms with Crippen molar-refractivity contribution < 1.29 is 22.6 Å². The van der Waals surface area contributed by atoms with E-state index in [4.69, 9.17) is 14.2 Å². The lowest BCUT2D eigenvalue weighted by atomic mass is 10.2. The molecule has 0 saturated heterocycles. The fourth-order valence-corrected chi connectivity index (χ4v) is 4.37. The highest BCUT2D eigenvalue weighted by Gasteiger charge is 2.20. The number of hydrogen-bond donors (Lipinski definition) is 2. The third kappa shape index (κ3) is 4.33. The van der Waals surface area contributed by atoms with Crippen molar-refractivity contribution in [2.24, 2.45) is 0 Å². The molecule has 168 valence electrons. The number of nitrogens with zero attached hydrogens (tertiary/aromatic N) is 2. The zero-order valence-electron chi connectivity index (χ0n) is 17.6. The Morgan fingerprint density at radius 1 is 0.848 bits per heavy atom. The summed E-state index contributed by atoms with van der Waals surface area (Å²) in [5, 5.41) is 3.15. The molecule has 1 aliphatic rings. The normalized spacial score (nSPS) is 12.9. The second-order valence-electron chi connectivity index (χ2n) is 7.17. The number of aromatic nitrogens is 2. The number of ether oxygens (including phenoxy) is 3. The fraction of sp³-hybridized carbons (Fsp3) is 0.130. The van der Waals surface area contributed by atoms with E-state index in [1.807, 2.05) is 12.1 Å². The van der Waals surface area contributed by atoms with Crippen molar-refractivity contribution in [1.29, 1.82) is 0 Å². The Balaban J connectivity index is 1.52. The van der Waals surface area contributed by atoms with Crippen LogP contribution in [0.3, 0.4) is 0 Å². The van der Waals surface area contributed by atoms with Gasteiger partial charge in [-0.25, -0.2) is 18.4 Å². The lowest BCUT2D eigenvalue weighted by Crippen LogP contribution is -2.16. The Morgan fingerprint density at radius 2 is 1.52 bits per heavy atom. The fourth-order valence-electron chi connectivity index (χ4n) is 3.36. The maximum atomic E-state index is 13.0. The third-order valence-electron chi connectivity index (χ3n) is 4.98. The van der Waals surface area contributed by atoms with Gasteiger partial charge in [-0.15, -0.1) is 0 Å². The first-order valence-electron chi connectivity index (χ1n) is 10.1. The molecule has 5 rings (SSSR count). The van der Waals surface area contributed by atoms with Crippen LogP contribution in [-0.2, 0) is 10.0 Å². The van der Waals surface area contributed by atoms with Crippen LogP contribution in [0, 0.1) is 0 Å². The van der Waals surface area contributed by atoms with Crippen molar-refractivity contribution >= 4 is 38.4 Å². The topological polar surface area (TPSA) is 112 Å². The highest BCUT2D eigenvalue weighted by molar-refractivity contribution is 7.92. The number of anilines is 3. The predicted molar refractivity (Wildman–Crippen MR) is 124 cm³/mol. The molecule has 0 amide bonds. The Labute approximate surface area is 190 Å². The number of benzene rings is 3. The number of fused-ring (bicyclic) bond motifs is 2. The van der Waals surface area contributed by atoms with Crippen LogP contribution >= 0.6 is 0 Å². The first-order valence-corrected chi connectivity index (χ1v) is 11.6. The zero-order chi connectivity index (χ0) is 22.8. The average Bonchev–Trinajstić information content (AvgIpc) is 2.84. The zero-order valence-corrected chi connectivity index (χ0v) is 18.4. The maximum absolute atomic E-state index is 13.0. The van der Waals surface area contributed by atoms with Gasteiger partial charge in [0.2, 0.25) is 0 Å². The Bertz CT molecular complexity index is 1420. The summed E-state index contributed by atoms with van der Waals surface area (Å²) in [4.78, 5) is 9.18. The van der Waals surface area contributed by atoms with E-state index in [0.717, 1.165) is 0 Å². The second-order valence-corrected chi connectivity index (χ2v) is 8.86. The van der Waals surface area contributed by atoms with Crippen LogP contribution in [0.5, 0.6) is 17.2 Å². The average molecular weight is 465 g/mol. The first kappa shape index (κ1) is 20.8. The molecule has 0 aliphatic carbocycles. The summed E-state index contributed by atoms with van der Waals surface area (Å²) in [6.07, 6.45) is 0. The molecule has 0 atom stereocenters. The summed E-state index contributed by atoms with van der Waals surface area (Å²) < 4.78 is 45.0. The van der Waals surface area contributed by atoms with Gasteiger partial charge in [0.25, 0.3) is 10.0 Å². The molecule has 2 heterocycles. The van der Waals surface area contributed by atoms with E-state index in [0.29, 0.717) is 47.2 Å². The summed E-state index contributed by atoms with van der Waals surface area (Å²) in [6, 6.07) is 18.7. The van der Waals surface area contributed by atoms with Crippen LogP contribution in [-0.4, -0.2) is 38.7 Å². The Kier molecular flexibility index (Phi) is 5.35. The van der Waals surface area contributed by atoms with Gasteiger partial charge < -0.3 is 19.5 Å². The minimum Gasteiger partial charge on any atom is -0.497 e. The smallest absolute Gasteiger partial charge is 0.263 e. The molecule has 0 spiro atoms. The van der Waals surface area contributed by atoms with E-state index >= 15 is 0 Å². The largest absolute Gasteiger partial charge is 0.497 e. The van der Waals surface area contributed by atoms with Gasteiger partial charge in [0.15, 0.2) is 23.1 Å². The van der Waals surface area contributed by atoms with Crippen molar-refractivity contribution in [1.82, 2.24) is 9.97 Å². The van der Waals surface area contributed by atoms with Gasteiger partial charge >= 0.3 is 0 Å².